The fourth-order valence-corrected chi connectivity index (χ4v) is 6.81. The molecule has 2 saturated heterocycles. The molecule has 2 aliphatic rings. The molecule has 0 amide bonds. The summed E-state index contributed by atoms with van der Waals surface area (Å²) in [7, 11) is -1.28. The van der Waals surface area contributed by atoms with Gasteiger partial charge in [0.05, 0.1) is 28.4 Å². The average molecular weight is 532 g/mol. The van der Waals surface area contributed by atoms with Gasteiger partial charge in [-0.05, 0) is 31.7 Å². The lowest BCUT2D eigenvalue weighted by Crippen LogP contribution is -2.45. The van der Waals surface area contributed by atoms with Gasteiger partial charge in [0.2, 0.25) is 0 Å². The van der Waals surface area contributed by atoms with E-state index < -0.39 is 10.8 Å². The highest BCUT2D eigenvalue weighted by molar-refractivity contribution is 7.84. The first-order chi connectivity index (χ1) is 18.5. The van der Waals surface area contributed by atoms with Crippen molar-refractivity contribution in [2.45, 2.75) is 48.6 Å². The molecule has 0 spiro atoms. The fourth-order valence-electron chi connectivity index (χ4n) is 5.92. The summed E-state index contributed by atoms with van der Waals surface area (Å²) >= 11 is 0. The lowest BCUT2D eigenvalue weighted by atomic mass is 9.88. The number of anilines is 1. The number of piperidine rings is 1. The molecule has 6 N–H and O–H groups in total. The highest BCUT2D eigenvalue weighted by Gasteiger charge is 2.42. The van der Waals surface area contributed by atoms with E-state index >= 15 is 0 Å². The number of hydrazone groups is 1. The van der Waals surface area contributed by atoms with Crippen molar-refractivity contribution in [2.24, 2.45) is 16.7 Å². The Bertz CT molecular complexity index is 1440. The zero-order valence-electron chi connectivity index (χ0n) is 21.4. The maximum absolute atomic E-state index is 12.8. The van der Waals surface area contributed by atoms with Gasteiger partial charge < -0.3 is 17.3 Å². The Kier molecular flexibility index (Phi) is 7.50. The van der Waals surface area contributed by atoms with Gasteiger partial charge in [-0.1, -0.05) is 36.4 Å². The molecule has 11 heteroatoms. The number of benzene rings is 1. The third-order valence-electron chi connectivity index (χ3n) is 7.58. The van der Waals surface area contributed by atoms with Gasteiger partial charge in [-0.2, -0.15) is 14.7 Å². The lowest BCUT2D eigenvalue weighted by molar-refractivity contribution is 0.128. The molecule has 38 heavy (non-hydrogen) atoms. The number of nitrogens with two attached hydrogens (primary N) is 3. The first kappa shape index (κ1) is 26.0. The Morgan fingerprint density at radius 2 is 1.76 bits per heavy atom. The van der Waals surface area contributed by atoms with E-state index in [0.29, 0.717) is 35.1 Å². The molecule has 198 valence electrons. The van der Waals surface area contributed by atoms with Gasteiger partial charge in [0.15, 0.2) is 5.65 Å². The van der Waals surface area contributed by atoms with E-state index in [1.165, 1.54) is 0 Å². The molecule has 0 aliphatic carbocycles. The molecule has 4 atom stereocenters. The van der Waals surface area contributed by atoms with Crippen LogP contribution in [0.25, 0.3) is 28.0 Å². The highest BCUT2D eigenvalue weighted by Crippen LogP contribution is 2.44. The SMILES string of the molecule is C=NN.CS(=O)c1c(C2CC3CC[C@@H](C2)N3CN)nc2c(-c3ccc(-c4ccccc4)nc3)cnn2c1N. The molecule has 3 unspecified atom stereocenters. The van der Waals surface area contributed by atoms with Gasteiger partial charge in [-0.15, -0.1) is 0 Å². The van der Waals surface area contributed by atoms with Crippen LogP contribution in [0.4, 0.5) is 5.82 Å². The van der Waals surface area contributed by atoms with E-state index in [-0.39, 0.29) is 5.92 Å². The summed E-state index contributed by atoms with van der Waals surface area (Å²) in [6, 6.07) is 15.0. The summed E-state index contributed by atoms with van der Waals surface area (Å²) in [5, 5.41) is 7.26. The van der Waals surface area contributed by atoms with Crippen LogP contribution in [0.2, 0.25) is 0 Å². The normalized spacial score (nSPS) is 21.6. The average Bonchev–Trinajstić information content (AvgIpc) is 3.46. The number of pyridine rings is 1. The number of nitrogen functional groups attached to an aromatic ring is 1. The van der Waals surface area contributed by atoms with Crippen LogP contribution in [0.1, 0.15) is 37.3 Å². The summed E-state index contributed by atoms with van der Waals surface area (Å²) in [6.07, 6.45) is 9.50. The van der Waals surface area contributed by atoms with Gasteiger partial charge >= 0.3 is 0 Å². The van der Waals surface area contributed by atoms with Crippen molar-refractivity contribution in [1.82, 2.24) is 24.5 Å². The summed E-state index contributed by atoms with van der Waals surface area (Å²) in [4.78, 5) is 12.8. The molecular formula is C27H33N9OS. The predicted octanol–water partition coefficient (Wildman–Crippen LogP) is 2.97. The van der Waals surface area contributed by atoms with Gasteiger partial charge in [-0.25, -0.2) is 4.98 Å². The van der Waals surface area contributed by atoms with E-state index in [9.17, 15) is 4.21 Å². The van der Waals surface area contributed by atoms with E-state index in [2.05, 4.69) is 32.6 Å². The Balaban J connectivity index is 0.000000937. The largest absolute Gasteiger partial charge is 0.383 e. The first-order valence-electron chi connectivity index (χ1n) is 12.6. The number of aromatic nitrogens is 4. The molecule has 2 aliphatic heterocycles. The van der Waals surface area contributed by atoms with Crippen LogP contribution in [0.3, 0.4) is 0 Å². The molecule has 2 fully saturated rings. The number of hydrogen-bond acceptors (Lipinski definition) is 9. The van der Waals surface area contributed by atoms with Crippen LogP contribution >= 0.6 is 0 Å². The summed E-state index contributed by atoms with van der Waals surface area (Å²) in [5.41, 5.74) is 17.9. The van der Waals surface area contributed by atoms with Crippen molar-refractivity contribution in [2.75, 3.05) is 18.7 Å². The van der Waals surface area contributed by atoms with E-state index in [1.54, 1.807) is 17.0 Å². The minimum atomic E-state index is -1.28. The number of fused-ring (bicyclic) bond motifs is 3. The minimum absolute atomic E-state index is 0.197. The molecule has 6 rings (SSSR count). The standard InChI is InChI=1S/C26H29N7OS.CH4N2/c1-35(34)24-23(18-11-19-8-9-20(12-18)32(19)15-27)31-26-21(14-30-33(26)25(24)28)17-7-10-22(29-13-17)16-5-3-2-4-6-16;1-3-2/h2-7,10,13-14,18-20H,8-9,11-12,15,27-28H2,1H3;1-2H2/t18?,19-,20?,35?;/m0./s1. The first-order valence-corrected chi connectivity index (χ1v) is 14.2. The molecule has 2 bridgehead atoms. The van der Waals surface area contributed by atoms with E-state index in [0.717, 1.165) is 53.8 Å². The number of nitrogens with zero attached hydrogens (tertiary/aromatic N) is 6. The number of hydrogen-bond donors (Lipinski definition) is 3. The van der Waals surface area contributed by atoms with Crippen molar-refractivity contribution in [3.8, 4) is 22.4 Å². The molecule has 3 aromatic heterocycles. The quantitative estimate of drug-likeness (QED) is 0.202. The molecule has 5 heterocycles. The van der Waals surface area contributed by atoms with Gasteiger partial charge in [0.1, 0.15) is 10.7 Å². The summed E-state index contributed by atoms with van der Waals surface area (Å²) < 4.78 is 14.4. The molecular weight excluding hydrogens is 498 g/mol. The van der Waals surface area contributed by atoms with E-state index in [4.69, 9.17) is 16.5 Å². The molecule has 4 aromatic rings. The zero-order valence-corrected chi connectivity index (χ0v) is 22.2. The number of rotatable bonds is 5. The van der Waals surface area contributed by atoms with Crippen LogP contribution < -0.4 is 17.3 Å². The molecule has 0 saturated carbocycles. The topological polar surface area (TPSA) is 154 Å². The predicted molar refractivity (Wildman–Crippen MR) is 152 cm³/mol. The van der Waals surface area contributed by atoms with Crippen molar-refractivity contribution < 1.29 is 4.21 Å². The minimum Gasteiger partial charge on any atom is -0.383 e. The van der Waals surface area contributed by atoms with Gasteiger partial charge in [0, 0.05) is 60.5 Å². The Labute approximate surface area is 224 Å². The van der Waals surface area contributed by atoms with Crippen LogP contribution in [0.15, 0.2) is 64.9 Å². The highest BCUT2D eigenvalue weighted by atomic mass is 32.2. The van der Waals surface area contributed by atoms with Crippen LogP contribution in [-0.4, -0.2) is 60.4 Å². The summed E-state index contributed by atoms with van der Waals surface area (Å²) in [6.45, 7) is 3.47. The van der Waals surface area contributed by atoms with Crippen molar-refractivity contribution >= 4 is 29.0 Å². The lowest BCUT2D eigenvalue weighted by Gasteiger charge is -2.38. The van der Waals surface area contributed by atoms with Crippen molar-refractivity contribution in [1.29, 1.82) is 0 Å². The Morgan fingerprint density at radius 1 is 1.08 bits per heavy atom. The van der Waals surface area contributed by atoms with Crippen LogP contribution in [0.5, 0.6) is 0 Å². The molecule has 10 nitrogen and oxygen atoms in total. The third-order valence-corrected chi connectivity index (χ3v) is 8.57. The Hall–Kier alpha value is -3.67. The van der Waals surface area contributed by atoms with Gasteiger partial charge in [0.25, 0.3) is 0 Å². The molecule has 1 aromatic carbocycles. The smallest absolute Gasteiger partial charge is 0.165 e. The second-order valence-electron chi connectivity index (χ2n) is 9.69. The Morgan fingerprint density at radius 3 is 2.34 bits per heavy atom. The van der Waals surface area contributed by atoms with Gasteiger partial charge in [-0.3, -0.25) is 14.1 Å². The maximum atomic E-state index is 12.8. The summed E-state index contributed by atoms with van der Waals surface area (Å²) in [5.74, 6) is 4.96. The van der Waals surface area contributed by atoms with E-state index in [1.807, 2.05) is 48.7 Å². The monoisotopic (exact) mass is 531 g/mol. The zero-order chi connectivity index (χ0) is 26.8. The van der Waals surface area contributed by atoms with Crippen molar-refractivity contribution in [3.63, 3.8) is 0 Å². The second-order valence-corrected chi connectivity index (χ2v) is 11.0. The van der Waals surface area contributed by atoms with Crippen LogP contribution in [-0.2, 0) is 10.8 Å². The van der Waals surface area contributed by atoms with Crippen molar-refractivity contribution in [3.05, 3.63) is 60.6 Å². The maximum Gasteiger partial charge on any atom is 0.165 e. The third kappa shape index (κ3) is 4.68. The second kappa shape index (κ2) is 11.0. The molecule has 0 radical (unpaired) electrons. The fraction of sp³-hybridized carbons (Fsp3) is 0.333. The van der Waals surface area contributed by atoms with Crippen LogP contribution in [0, 0.1) is 0 Å².